The van der Waals surface area contributed by atoms with E-state index in [0.717, 1.165) is 42.2 Å². The van der Waals surface area contributed by atoms with Crippen LogP contribution in [0.15, 0.2) is 54.7 Å². The van der Waals surface area contributed by atoms with E-state index in [9.17, 15) is 18.7 Å². The third-order valence-corrected chi connectivity index (χ3v) is 6.37. The van der Waals surface area contributed by atoms with E-state index in [1.807, 2.05) is 12.1 Å². The predicted octanol–water partition coefficient (Wildman–Crippen LogP) is 3.52. The number of carbonyl (C=O) groups is 1. The van der Waals surface area contributed by atoms with E-state index in [1.54, 1.807) is 24.4 Å². The second-order valence-corrected chi connectivity index (χ2v) is 8.66. The summed E-state index contributed by atoms with van der Waals surface area (Å²) in [4.78, 5) is 18.3. The third-order valence-electron chi connectivity index (χ3n) is 6.37. The van der Waals surface area contributed by atoms with E-state index in [-0.39, 0.29) is 17.3 Å². The molecule has 0 aliphatic carbocycles. The summed E-state index contributed by atoms with van der Waals surface area (Å²) < 4.78 is 29.3. The molecule has 3 N–H and O–H groups in total. The molecule has 2 aromatic heterocycles. The van der Waals surface area contributed by atoms with Crippen LogP contribution in [0.5, 0.6) is 0 Å². The molecule has 9 nitrogen and oxygen atoms in total. The number of rotatable bonds is 7. The van der Waals surface area contributed by atoms with Gasteiger partial charge in [-0.05, 0) is 65.7 Å². The van der Waals surface area contributed by atoms with E-state index in [2.05, 4.69) is 25.4 Å². The molecule has 0 radical (unpaired) electrons. The number of aliphatic carboxylic acids is 1. The Morgan fingerprint density at radius 3 is 2.56 bits per heavy atom. The molecule has 184 valence electrons. The molecule has 1 aliphatic heterocycles. The lowest BCUT2D eigenvalue weighted by molar-refractivity contribution is -0.139. The molecule has 0 spiro atoms. The van der Waals surface area contributed by atoms with Gasteiger partial charge in [-0.1, -0.05) is 30.3 Å². The average molecular weight is 492 g/mol. The van der Waals surface area contributed by atoms with Crippen LogP contribution >= 0.6 is 0 Å². The van der Waals surface area contributed by atoms with Crippen molar-refractivity contribution in [1.82, 2.24) is 30.1 Å². The summed E-state index contributed by atoms with van der Waals surface area (Å²) in [6.07, 6.45) is 3.75. The minimum absolute atomic E-state index is 0.0968. The third kappa shape index (κ3) is 4.52. The maximum absolute atomic E-state index is 14.4. The summed E-state index contributed by atoms with van der Waals surface area (Å²) >= 11 is 0. The molecule has 0 saturated carbocycles. The fourth-order valence-corrected chi connectivity index (χ4v) is 4.44. The SMILES string of the molecule is Nc1ncc(-c2ccc(C(CN3CCCC3)C(=O)O)cc2)cc1-c1nnnn1-c1cccc(F)c1F. The Balaban J connectivity index is 1.46. The van der Waals surface area contributed by atoms with Crippen LogP contribution < -0.4 is 5.73 Å². The Hall–Kier alpha value is -4.25. The van der Waals surface area contributed by atoms with Gasteiger partial charge in [-0.3, -0.25) is 4.79 Å². The van der Waals surface area contributed by atoms with Crippen molar-refractivity contribution in [3.8, 4) is 28.2 Å². The number of hydrogen-bond acceptors (Lipinski definition) is 7. The molecule has 1 atom stereocenters. The smallest absolute Gasteiger partial charge is 0.312 e. The van der Waals surface area contributed by atoms with E-state index < -0.39 is 23.5 Å². The lowest BCUT2D eigenvalue weighted by Gasteiger charge is -2.21. The van der Waals surface area contributed by atoms with Gasteiger partial charge in [0.1, 0.15) is 11.5 Å². The zero-order chi connectivity index (χ0) is 25.2. The van der Waals surface area contributed by atoms with Gasteiger partial charge in [-0.2, -0.15) is 4.68 Å². The van der Waals surface area contributed by atoms with Gasteiger partial charge >= 0.3 is 5.97 Å². The first-order chi connectivity index (χ1) is 17.4. The van der Waals surface area contributed by atoms with Gasteiger partial charge in [0.05, 0.1) is 11.5 Å². The monoisotopic (exact) mass is 491 g/mol. The second kappa shape index (κ2) is 9.78. The zero-order valence-corrected chi connectivity index (χ0v) is 19.2. The van der Waals surface area contributed by atoms with Crippen LogP contribution in [-0.4, -0.2) is 60.8 Å². The van der Waals surface area contributed by atoms with Crippen LogP contribution in [0.1, 0.15) is 24.3 Å². The lowest BCUT2D eigenvalue weighted by atomic mass is 9.95. The molecule has 1 saturated heterocycles. The van der Waals surface area contributed by atoms with Crippen LogP contribution in [0.2, 0.25) is 0 Å². The van der Waals surface area contributed by atoms with Crippen LogP contribution in [0, 0.1) is 11.6 Å². The number of carboxylic acids is 1. The Labute approximate surface area is 205 Å². The Morgan fingerprint density at radius 2 is 1.83 bits per heavy atom. The van der Waals surface area contributed by atoms with Gasteiger partial charge in [0.2, 0.25) is 0 Å². The van der Waals surface area contributed by atoms with Crippen molar-refractivity contribution in [1.29, 1.82) is 0 Å². The van der Waals surface area contributed by atoms with Gasteiger partial charge in [0, 0.05) is 18.3 Å². The zero-order valence-electron chi connectivity index (χ0n) is 19.2. The molecular weight excluding hydrogens is 468 g/mol. The van der Waals surface area contributed by atoms with Crippen molar-refractivity contribution >= 4 is 11.8 Å². The minimum Gasteiger partial charge on any atom is -0.481 e. The number of carboxylic acid groups (broad SMARTS) is 1. The van der Waals surface area contributed by atoms with Crippen LogP contribution in [0.25, 0.3) is 28.2 Å². The summed E-state index contributed by atoms with van der Waals surface area (Å²) in [6, 6.07) is 12.7. The van der Waals surface area contributed by atoms with Gasteiger partial charge in [0.25, 0.3) is 0 Å². The van der Waals surface area contributed by atoms with E-state index in [0.29, 0.717) is 23.2 Å². The molecule has 3 heterocycles. The van der Waals surface area contributed by atoms with E-state index in [1.165, 1.54) is 12.1 Å². The number of benzene rings is 2. The Morgan fingerprint density at radius 1 is 1.08 bits per heavy atom. The second-order valence-electron chi connectivity index (χ2n) is 8.66. The molecule has 5 rings (SSSR count). The molecule has 0 bridgehead atoms. The van der Waals surface area contributed by atoms with Crippen molar-refractivity contribution < 1.29 is 18.7 Å². The number of hydrogen-bond donors (Lipinski definition) is 2. The van der Waals surface area contributed by atoms with Crippen LogP contribution in [-0.2, 0) is 4.79 Å². The maximum atomic E-state index is 14.4. The average Bonchev–Trinajstić information content (AvgIpc) is 3.57. The van der Waals surface area contributed by atoms with Crippen molar-refractivity contribution in [2.45, 2.75) is 18.8 Å². The number of nitrogen functional groups attached to an aromatic ring is 1. The Kier molecular flexibility index (Phi) is 6.38. The van der Waals surface area contributed by atoms with Gasteiger partial charge in [0.15, 0.2) is 17.5 Å². The summed E-state index contributed by atoms with van der Waals surface area (Å²) in [5.41, 5.74) is 8.42. The largest absolute Gasteiger partial charge is 0.481 e. The van der Waals surface area contributed by atoms with Crippen molar-refractivity contribution in [3.05, 3.63) is 71.9 Å². The fraction of sp³-hybridized carbons (Fsp3) is 0.240. The summed E-state index contributed by atoms with van der Waals surface area (Å²) in [6.45, 7) is 2.31. The standard InChI is InChI=1S/C25H23F2N7O2/c26-20-4-3-5-21(22(20)27)34-24(30-31-32-34)18-12-17(13-29-23(18)28)15-6-8-16(9-7-15)19(25(35)36)14-33-10-1-2-11-33/h3-9,12-13,19H,1-2,10-11,14H2,(H2,28,29)(H,35,36). The minimum atomic E-state index is -1.09. The Bertz CT molecular complexity index is 1400. The number of nitrogens with zero attached hydrogens (tertiary/aromatic N) is 6. The number of aromatic nitrogens is 5. The normalized spacial score (nSPS) is 14.7. The topological polar surface area (TPSA) is 123 Å². The van der Waals surface area contributed by atoms with Gasteiger partial charge in [-0.15, -0.1) is 5.10 Å². The fourth-order valence-electron chi connectivity index (χ4n) is 4.44. The summed E-state index contributed by atoms with van der Waals surface area (Å²) in [7, 11) is 0. The molecule has 0 amide bonds. The number of nitrogens with two attached hydrogens (primary N) is 1. The highest BCUT2D eigenvalue weighted by molar-refractivity contribution is 5.78. The molecule has 4 aromatic rings. The van der Waals surface area contributed by atoms with Crippen molar-refractivity contribution in [3.63, 3.8) is 0 Å². The molecule has 2 aromatic carbocycles. The first kappa shape index (κ1) is 23.5. The summed E-state index contributed by atoms with van der Waals surface area (Å²) in [5, 5.41) is 21.2. The van der Waals surface area contributed by atoms with Crippen molar-refractivity contribution in [2.24, 2.45) is 0 Å². The number of likely N-dealkylation sites (tertiary alicyclic amines) is 1. The van der Waals surface area contributed by atoms with E-state index >= 15 is 0 Å². The highest BCUT2D eigenvalue weighted by Gasteiger charge is 2.25. The molecule has 1 fully saturated rings. The lowest BCUT2D eigenvalue weighted by Crippen LogP contribution is -2.29. The number of pyridine rings is 1. The highest BCUT2D eigenvalue weighted by atomic mass is 19.2. The number of anilines is 1. The highest BCUT2D eigenvalue weighted by Crippen LogP contribution is 2.31. The van der Waals surface area contributed by atoms with Crippen LogP contribution in [0.3, 0.4) is 0 Å². The van der Waals surface area contributed by atoms with E-state index in [4.69, 9.17) is 5.73 Å². The number of halogens is 2. The first-order valence-corrected chi connectivity index (χ1v) is 11.5. The van der Waals surface area contributed by atoms with Gasteiger partial charge < -0.3 is 15.7 Å². The molecular formula is C25H23F2N7O2. The molecule has 11 heteroatoms. The molecule has 1 aliphatic rings. The predicted molar refractivity (Wildman–Crippen MR) is 128 cm³/mol. The summed E-state index contributed by atoms with van der Waals surface area (Å²) in [5.74, 6) is -3.39. The molecule has 1 unspecified atom stereocenters. The van der Waals surface area contributed by atoms with Gasteiger partial charge in [-0.25, -0.2) is 13.8 Å². The maximum Gasteiger partial charge on any atom is 0.312 e. The van der Waals surface area contributed by atoms with Crippen LogP contribution in [0.4, 0.5) is 14.6 Å². The van der Waals surface area contributed by atoms with Crippen molar-refractivity contribution in [2.75, 3.05) is 25.4 Å². The molecule has 36 heavy (non-hydrogen) atoms. The first-order valence-electron chi connectivity index (χ1n) is 11.5. The number of tetrazole rings is 1. The quantitative estimate of drug-likeness (QED) is 0.403.